The Kier molecular flexibility index (Phi) is 6.05. The second-order valence-electron chi connectivity index (χ2n) is 10.4. The summed E-state index contributed by atoms with van der Waals surface area (Å²) in [4.78, 5) is 18.4. The van der Waals surface area contributed by atoms with Gasteiger partial charge in [0, 0.05) is 44.9 Å². The van der Waals surface area contributed by atoms with Crippen LogP contribution in [0.2, 0.25) is 0 Å². The quantitative estimate of drug-likeness (QED) is 0.214. The first-order valence-corrected chi connectivity index (χ1v) is 14.2. The van der Waals surface area contributed by atoms with Gasteiger partial charge in [0.25, 0.3) is 0 Å². The molecule has 5 aromatic carbocycles. The van der Waals surface area contributed by atoms with Gasteiger partial charge in [-0.3, -0.25) is 0 Å². The minimum atomic E-state index is 0.694. The Balaban J connectivity index is 1.22. The summed E-state index contributed by atoms with van der Waals surface area (Å²) in [5, 5.41) is 2.50. The maximum absolute atomic E-state index is 5.02. The summed E-state index contributed by atoms with van der Waals surface area (Å²) in [6, 6.07) is 48.2. The van der Waals surface area contributed by atoms with Gasteiger partial charge in [0.15, 0.2) is 5.82 Å². The van der Waals surface area contributed by atoms with Crippen LogP contribution >= 0.6 is 0 Å². The van der Waals surface area contributed by atoms with E-state index in [9.17, 15) is 0 Å². The maximum Gasteiger partial charge on any atom is 0.160 e. The lowest BCUT2D eigenvalue weighted by Crippen LogP contribution is -1.97. The molecule has 0 atom stereocenters. The van der Waals surface area contributed by atoms with E-state index in [-0.39, 0.29) is 0 Å². The Labute approximate surface area is 248 Å². The van der Waals surface area contributed by atoms with E-state index in [0.717, 1.165) is 45.0 Å². The highest BCUT2D eigenvalue weighted by atomic mass is 15.0. The first kappa shape index (κ1) is 24.8. The van der Waals surface area contributed by atoms with Crippen LogP contribution in [0, 0.1) is 0 Å². The summed E-state index contributed by atoms with van der Waals surface area (Å²) in [6.45, 7) is 0. The second-order valence-corrected chi connectivity index (χ2v) is 10.4. The predicted molar refractivity (Wildman–Crippen MR) is 174 cm³/mol. The maximum atomic E-state index is 5.02. The molecule has 3 aromatic heterocycles. The molecule has 8 rings (SSSR count). The van der Waals surface area contributed by atoms with Gasteiger partial charge in [-0.1, -0.05) is 103 Å². The number of para-hydroxylation sites is 2. The normalized spacial score (nSPS) is 11.3. The molecule has 0 amide bonds. The van der Waals surface area contributed by atoms with Crippen molar-refractivity contribution in [1.82, 2.24) is 24.5 Å². The van der Waals surface area contributed by atoms with Crippen LogP contribution in [0.1, 0.15) is 0 Å². The molecule has 0 bridgehead atoms. The Hall–Kier alpha value is -5.94. The van der Waals surface area contributed by atoms with Gasteiger partial charge in [-0.05, 0) is 36.4 Å². The smallest absolute Gasteiger partial charge is 0.160 e. The van der Waals surface area contributed by atoms with Gasteiger partial charge < -0.3 is 4.57 Å². The number of nitrogens with zero attached hydrogens (tertiary/aromatic N) is 5. The highest BCUT2D eigenvalue weighted by Gasteiger charge is 2.14. The Morgan fingerprint density at radius 1 is 0.442 bits per heavy atom. The van der Waals surface area contributed by atoms with E-state index in [1.165, 1.54) is 21.8 Å². The van der Waals surface area contributed by atoms with Crippen molar-refractivity contribution < 1.29 is 0 Å². The van der Waals surface area contributed by atoms with E-state index in [0.29, 0.717) is 5.82 Å². The van der Waals surface area contributed by atoms with Crippen LogP contribution in [0.15, 0.2) is 152 Å². The van der Waals surface area contributed by atoms with Gasteiger partial charge in [0.1, 0.15) is 6.33 Å². The number of hydrogen-bond acceptors (Lipinski definition) is 4. The van der Waals surface area contributed by atoms with Crippen LogP contribution in [0.3, 0.4) is 0 Å². The molecule has 0 aliphatic heterocycles. The minimum Gasteiger partial charge on any atom is -0.309 e. The molecule has 0 aliphatic carbocycles. The van der Waals surface area contributed by atoms with Gasteiger partial charge in [-0.25, -0.2) is 19.9 Å². The fourth-order valence-electron chi connectivity index (χ4n) is 5.71. The van der Waals surface area contributed by atoms with Crippen molar-refractivity contribution in [3.8, 4) is 50.8 Å². The van der Waals surface area contributed by atoms with Gasteiger partial charge in [-0.2, -0.15) is 0 Å². The summed E-state index contributed by atoms with van der Waals surface area (Å²) < 4.78 is 2.33. The molecule has 0 aliphatic rings. The number of fused-ring (bicyclic) bond motifs is 3. The van der Waals surface area contributed by atoms with E-state index in [4.69, 9.17) is 9.97 Å². The molecule has 5 heteroatoms. The molecule has 43 heavy (non-hydrogen) atoms. The van der Waals surface area contributed by atoms with Crippen LogP contribution in [0.4, 0.5) is 0 Å². The van der Waals surface area contributed by atoms with Crippen molar-refractivity contribution >= 4 is 21.8 Å². The third-order valence-corrected chi connectivity index (χ3v) is 7.82. The summed E-state index contributed by atoms with van der Waals surface area (Å²) in [6.07, 6.45) is 3.32. The lowest BCUT2D eigenvalue weighted by Gasteiger charge is -2.11. The molecule has 0 unspecified atom stereocenters. The summed E-state index contributed by atoms with van der Waals surface area (Å²) in [5.41, 5.74) is 10.2. The van der Waals surface area contributed by atoms with Crippen LogP contribution < -0.4 is 0 Å². The number of benzene rings is 5. The molecule has 0 spiro atoms. The zero-order valence-electron chi connectivity index (χ0n) is 23.2. The zero-order chi connectivity index (χ0) is 28.6. The fraction of sp³-hybridized carbons (Fsp3) is 0. The first-order valence-electron chi connectivity index (χ1n) is 14.2. The summed E-state index contributed by atoms with van der Waals surface area (Å²) >= 11 is 0. The van der Waals surface area contributed by atoms with Crippen molar-refractivity contribution in [3.63, 3.8) is 0 Å². The Bertz CT molecular complexity index is 2150. The molecule has 5 nitrogen and oxygen atoms in total. The number of rotatable bonds is 5. The highest BCUT2D eigenvalue weighted by molar-refractivity contribution is 6.09. The molecular formula is C38H25N5. The molecule has 3 heterocycles. The molecule has 0 saturated carbocycles. The third-order valence-electron chi connectivity index (χ3n) is 7.82. The van der Waals surface area contributed by atoms with Crippen LogP contribution in [-0.2, 0) is 0 Å². The van der Waals surface area contributed by atoms with Gasteiger partial charge in [0.2, 0.25) is 0 Å². The molecule has 8 aromatic rings. The largest absolute Gasteiger partial charge is 0.309 e. The van der Waals surface area contributed by atoms with E-state index < -0.39 is 0 Å². The van der Waals surface area contributed by atoms with E-state index in [2.05, 4.69) is 118 Å². The second kappa shape index (κ2) is 10.5. The molecule has 0 N–H and O–H groups in total. The van der Waals surface area contributed by atoms with Crippen LogP contribution in [0.5, 0.6) is 0 Å². The SMILES string of the molecule is c1ccc(-c2nc(-c3ccc(-c4ccncn4)cc3)cc(-c3ccc(-n4c5ccccc5c5ccccc54)cc3)n2)cc1. The average Bonchev–Trinajstić information content (AvgIpc) is 3.43. The zero-order valence-corrected chi connectivity index (χ0v) is 23.2. The molecule has 202 valence electrons. The molecular weight excluding hydrogens is 526 g/mol. The van der Waals surface area contributed by atoms with Crippen molar-refractivity contribution in [2.45, 2.75) is 0 Å². The van der Waals surface area contributed by atoms with Crippen LogP contribution in [0.25, 0.3) is 72.7 Å². The number of aromatic nitrogens is 5. The van der Waals surface area contributed by atoms with Gasteiger partial charge >= 0.3 is 0 Å². The summed E-state index contributed by atoms with van der Waals surface area (Å²) in [7, 11) is 0. The molecule has 0 radical (unpaired) electrons. The Morgan fingerprint density at radius 2 is 0.977 bits per heavy atom. The van der Waals surface area contributed by atoms with Crippen molar-refractivity contribution in [1.29, 1.82) is 0 Å². The molecule has 0 saturated heterocycles. The van der Waals surface area contributed by atoms with E-state index in [1.54, 1.807) is 12.5 Å². The van der Waals surface area contributed by atoms with Gasteiger partial charge in [0.05, 0.1) is 28.1 Å². The van der Waals surface area contributed by atoms with Crippen LogP contribution in [-0.4, -0.2) is 24.5 Å². The standard InChI is InChI=1S/C38H25N5/c1-2-8-29(9-3-1)38-41-34(27-16-14-26(15-17-27)33-22-23-39-25-40-33)24-35(42-38)28-18-20-30(21-19-28)43-36-12-6-4-10-31(36)32-11-5-7-13-37(32)43/h1-25H. The minimum absolute atomic E-state index is 0.694. The van der Waals surface area contributed by atoms with E-state index >= 15 is 0 Å². The summed E-state index contributed by atoms with van der Waals surface area (Å²) in [5.74, 6) is 0.694. The Morgan fingerprint density at radius 3 is 1.56 bits per heavy atom. The lowest BCUT2D eigenvalue weighted by molar-refractivity contribution is 1.17. The van der Waals surface area contributed by atoms with Crippen molar-refractivity contribution in [2.24, 2.45) is 0 Å². The van der Waals surface area contributed by atoms with Crippen molar-refractivity contribution in [3.05, 3.63) is 152 Å². The molecule has 0 fully saturated rings. The lowest BCUT2D eigenvalue weighted by atomic mass is 10.0. The number of hydrogen-bond donors (Lipinski definition) is 0. The van der Waals surface area contributed by atoms with Crippen molar-refractivity contribution in [2.75, 3.05) is 0 Å². The topological polar surface area (TPSA) is 56.5 Å². The fourth-order valence-corrected chi connectivity index (χ4v) is 5.71. The highest BCUT2D eigenvalue weighted by Crippen LogP contribution is 2.33. The first-order chi connectivity index (χ1) is 21.3. The predicted octanol–water partition coefficient (Wildman–Crippen LogP) is 9.03. The van der Waals surface area contributed by atoms with E-state index in [1.807, 2.05) is 36.4 Å². The van der Waals surface area contributed by atoms with Gasteiger partial charge in [-0.15, -0.1) is 0 Å². The average molecular weight is 552 g/mol. The monoisotopic (exact) mass is 551 g/mol. The third kappa shape index (κ3) is 4.53.